The number of hydrogen-bond acceptors (Lipinski definition) is 4. The van der Waals surface area contributed by atoms with Crippen molar-refractivity contribution in [2.24, 2.45) is 0 Å². The number of carbonyl (C=O) groups excluding carboxylic acids is 1. The second-order valence-electron chi connectivity index (χ2n) is 4.27. The molecule has 100 valence electrons. The van der Waals surface area contributed by atoms with Gasteiger partial charge in [-0.3, -0.25) is 4.79 Å². The minimum atomic E-state index is -0.543. The Labute approximate surface area is 110 Å². The van der Waals surface area contributed by atoms with Crippen LogP contribution in [-0.2, 0) is 5.75 Å². The van der Waals surface area contributed by atoms with Crippen LogP contribution in [0, 0.1) is 5.82 Å². The van der Waals surface area contributed by atoms with Gasteiger partial charge in [0.2, 0.25) is 0 Å². The summed E-state index contributed by atoms with van der Waals surface area (Å²) in [5.74, 6) is -0.745. The Morgan fingerprint density at radius 3 is 2.56 bits per heavy atom. The summed E-state index contributed by atoms with van der Waals surface area (Å²) in [6.07, 6.45) is -0.488. The Kier molecular flexibility index (Phi) is 5.16. The summed E-state index contributed by atoms with van der Waals surface area (Å²) < 4.78 is 13.3. The molecule has 0 aliphatic heterocycles. The smallest absolute Gasteiger partial charge is 0.163 e. The molecule has 0 bridgehead atoms. The molecule has 18 heavy (non-hydrogen) atoms. The lowest BCUT2D eigenvalue weighted by Gasteiger charge is -2.15. The van der Waals surface area contributed by atoms with Gasteiger partial charge in [-0.15, -0.1) is 0 Å². The van der Waals surface area contributed by atoms with Crippen LogP contribution >= 0.6 is 11.8 Å². The Morgan fingerprint density at radius 1 is 1.44 bits per heavy atom. The zero-order chi connectivity index (χ0) is 13.9. The summed E-state index contributed by atoms with van der Waals surface area (Å²) in [5, 5.41) is 19.2. The van der Waals surface area contributed by atoms with Crippen LogP contribution in [0.2, 0.25) is 0 Å². The predicted octanol–water partition coefficient (Wildman–Crippen LogP) is 2.74. The highest BCUT2D eigenvalue weighted by Crippen LogP contribution is 2.30. The van der Waals surface area contributed by atoms with Gasteiger partial charge >= 0.3 is 0 Å². The van der Waals surface area contributed by atoms with Crippen LogP contribution < -0.4 is 0 Å². The van der Waals surface area contributed by atoms with Crippen molar-refractivity contribution in [3.63, 3.8) is 0 Å². The average molecular weight is 272 g/mol. The average Bonchev–Trinajstić information content (AvgIpc) is 2.28. The molecular weight excluding hydrogens is 255 g/mol. The first-order valence-corrected chi connectivity index (χ1v) is 6.69. The topological polar surface area (TPSA) is 57.5 Å². The highest BCUT2D eigenvalue weighted by Gasteiger charge is 2.16. The molecule has 2 atom stereocenters. The van der Waals surface area contributed by atoms with E-state index in [0.717, 1.165) is 6.07 Å². The van der Waals surface area contributed by atoms with Crippen LogP contribution in [0.1, 0.15) is 36.7 Å². The SMILES string of the molecule is CC(=O)c1cc(F)cc(CSC(C)C(C)O)c1O. The predicted molar refractivity (Wildman–Crippen MR) is 70.5 cm³/mol. The first-order valence-electron chi connectivity index (χ1n) is 5.65. The number of carbonyl (C=O) groups is 1. The highest BCUT2D eigenvalue weighted by molar-refractivity contribution is 7.99. The number of halogens is 1. The summed E-state index contributed by atoms with van der Waals surface area (Å²) in [5.41, 5.74) is 0.369. The molecule has 1 aromatic rings. The van der Waals surface area contributed by atoms with Gasteiger partial charge in [0.15, 0.2) is 5.78 Å². The molecule has 0 aromatic heterocycles. The zero-order valence-corrected chi connectivity index (χ0v) is 11.4. The fraction of sp³-hybridized carbons (Fsp3) is 0.462. The second kappa shape index (κ2) is 6.20. The van der Waals surface area contributed by atoms with E-state index < -0.39 is 11.9 Å². The maximum Gasteiger partial charge on any atom is 0.163 e. The Hall–Kier alpha value is -1.07. The summed E-state index contributed by atoms with van der Waals surface area (Å²) in [7, 11) is 0. The highest BCUT2D eigenvalue weighted by atomic mass is 32.2. The number of ketones is 1. The molecule has 5 heteroatoms. The van der Waals surface area contributed by atoms with Crippen molar-refractivity contribution in [1.82, 2.24) is 0 Å². The van der Waals surface area contributed by atoms with Crippen molar-refractivity contribution in [2.75, 3.05) is 0 Å². The number of aliphatic hydroxyl groups excluding tert-OH is 1. The van der Waals surface area contributed by atoms with Crippen LogP contribution in [-0.4, -0.2) is 27.4 Å². The summed E-state index contributed by atoms with van der Waals surface area (Å²) in [6, 6.07) is 2.24. The van der Waals surface area contributed by atoms with Gasteiger partial charge in [0, 0.05) is 16.6 Å². The zero-order valence-electron chi connectivity index (χ0n) is 10.6. The molecule has 0 aliphatic carbocycles. The monoisotopic (exact) mass is 272 g/mol. The number of phenolic OH excluding ortho intramolecular Hbond substituents is 1. The van der Waals surface area contributed by atoms with Gasteiger partial charge in [-0.1, -0.05) is 6.92 Å². The Balaban J connectivity index is 2.92. The fourth-order valence-corrected chi connectivity index (χ4v) is 2.34. The van der Waals surface area contributed by atoms with Gasteiger partial charge in [-0.2, -0.15) is 11.8 Å². The van der Waals surface area contributed by atoms with Gasteiger partial charge < -0.3 is 10.2 Å². The lowest BCUT2D eigenvalue weighted by Crippen LogP contribution is -2.15. The number of aliphatic hydroxyl groups is 1. The number of hydrogen-bond donors (Lipinski definition) is 2. The van der Waals surface area contributed by atoms with E-state index in [-0.39, 0.29) is 22.3 Å². The van der Waals surface area contributed by atoms with E-state index in [1.54, 1.807) is 6.92 Å². The van der Waals surface area contributed by atoms with E-state index in [4.69, 9.17) is 0 Å². The second-order valence-corrected chi connectivity index (χ2v) is 5.64. The maximum atomic E-state index is 13.3. The van der Waals surface area contributed by atoms with Crippen molar-refractivity contribution in [3.8, 4) is 5.75 Å². The number of aromatic hydroxyl groups is 1. The van der Waals surface area contributed by atoms with E-state index >= 15 is 0 Å². The van der Waals surface area contributed by atoms with Crippen molar-refractivity contribution in [1.29, 1.82) is 0 Å². The molecule has 2 N–H and O–H groups in total. The van der Waals surface area contributed by atoms with E-state index in [1.807, 2.05) is 6.92 Å². The number of rotatable bonds is 5. The van der Waals surface area contributed by atoms with Crippen LogP contribution in [0.4, 0.5) is 4.39 Å². The van der Waals surface area contributed by atoms with Crippen molar-refractivity contribution in [2.45, 2.75) is 37.9 Å². The molecule has 0 radical (unpaired) electrons. The van der Waals surface area contributed by atoms with E-state index in [2.05, 4.69) is 0 Å². The first kappa shape index (κ1) is 15.0. The molecule has 1 rings (SSSR count). The normalized spacial score (nSPS) is 14.3. The Bertz CT molecular complexity index is 446. The molecule has 0 saturated carbocycles. The first-order chi connectivity index (χ1) is 8.32. The number of phenols is 1. The minimum Gasteiger partial charge on any atom is -0.507 e. The summed E-state index contributed by atoms with van der Waals surface area (Å²) in [4.78, 5) is 11.2. The number of Topliss-reactive ketones (excluding diaryl/α,β-unsaturated/α-hetero) is 1. The molecule has 1 aromatic carbocycles. The third-order valence-corrected chi connectivity index (χ3v) is 4.11. The molecule has 2 unspecified atom stereocenters. The molecule has 0 aliphatic rings. The van der Waals surface area contributed by atoms with Gasteiger partial charge in [0.1, 0.15) is 11.6 Å². The lowest BCUT2D eigenvalue weighted by atomic mass is 10.1. The van der Waals surface area contributed by atoms with E-state index in [0.29, 0.717) is 11.3 Å². The third-order valence-electron chi connectivity index (χ3n) is 2.71. The lowest BCUT2D eigenvalue weighted by molar-refractivity contribution is 0.101. The van der Waals surface area contributed by atoms with Crippen LogP contribution in [0.25, 0.3) is 0 Å². The molecular formula is C13H17FO3S. The minimum absolute atomic E-state index is 0.00435. The molecule has 0 amide bonds. The van der Waals surface area contributed by atoms with Gasteiger partial charge in [-0.25, -0.2) is 4.39 Å². The van der Waals surface area contributed by atoms with Crippen LogP contribution in [0.3, 0.4) is 0 Å². The van der Waals surface area contributed by atoms with Gasteiger partial charge in [-0.05, 0) is 26.0 Å². The standard InChI is InChI=1S/C13H17FO3S/c1-7(15)9(3)18-6-10-4-11(14)5-12(8(2)16)13(10)17/h4-5,7,9,15,17H,6H2,1-3H3. The van der Waals surface area contributed by atoms with Gasteiger partial charge in [0.05, 0.1) is 11.7 Å². The number of benzene rings is 1. The van der Waals surface area contributed by atoms with E-state index in [9.17, 15) is 19.4 Å². The largest absolute Gasteiger partial charge is 0.507 e. The maximum absolute atomic E-state index is 13.3. The molecule has 0 fully saturated rings. The van der Waals surface area contributed by atoms with E-state index in [1.165, 1.54) is 24.8 Å². The number of thioether (sulfide) groups is 1. The van der Waals surface area contributed by atoms with Crippen molar-refractivity contribution in [3.05, 3.63) is 29.1 Å². The molecule has 0 spiro atoms. The van der Waals surface area contributed by atoms with Crippen LogP contribution in [0.15, 0.2) is 12.1 Å². The molecule has 3 nitrogen and oxygen atoms in total. The quantitative estimate of drug-likeness (QED) is 0.809. The van der Waals surface area contributed by atoms with Gasteiger partial charge in [0.25, 0.3) is 0 Å². The van der Waals surface area contributed by atoms with Crippen molar-refractivity contribution >= 4 is 17.5 Å². The Morgan fingerprint density at radius 2 is 2.06 bits per heavy atom. The van der Waals surface area contributed by atoms with Crippen LogP contribution in [0.5, 0.6) is 5.75 Å². The summed E-state index contributed by atoms with van der Waals surface area (Å²) in [6.45, 7) is 4.80. The molecule has 0 heterocycles. The molecule has 0 saturated heterocycles. The van der Waals surface area contributed by atoms with Crippen molar-refractivity contribution < 1.29 is 19.4 Å². The third kappa shape index (κ3) is 3.71. The summed E-state index contributed by atoms with van der Waals surface area (Å²) >= 11 is 1.39. The fourth-order valence-electron chi connectivity index (χ4n) is 1.39.